The van der Waals surface area contributed by atoms with E-state index in [0.717, 1.165) is 50.2 Å². The first-order valence-corrected chi connectivity index (χ1v) is 11.8. The second-order valence-electron chi connectivity index (χ2n) is 8.01. The normalized spacial score (nSPS) is 11.5. The summed E-state index contributed by atoms with van der Waals surface area (Å²) in [4.78, 5) is 4.23. The Kier molecular flexibility index (Phi) is 8.31. The van der Waals surface area contributed by atoms with Crippen molar-refractivity contribution in [1.29, 1.82) is 0 Å². The van der Waals surface area contributed by atoms with Gasteiger partial charge in [0.2, 0.25) is 0 Å². The smallest absolute Gasteiger partial charge is 0.166 e. The predicted octanol–water partition coefficient (Wildman–Crippen LogP) is 6.31. The number of hydrogen-bond acceptors (Lipinski definition) is 3. The number of nitrogens with zero attached hydrogens (tertiary/aromatic N) is 4. The molecule has 0 aliphatic carbocycles. The largest absolute Gasteiger partial charge is 0.295 e. The molecule has 0 fully saturated rings. The van der Waals surface area contributed by atoms with Crippen LogP contribution >= 0.6 is 11.6 Å². The summed E-state index contributed by atoms with van der Waals surface area (Å²) < 4.78 is 1.93. The van der Waals surface area contributed by atoms with Crippen molar-refractivity contribution in [3.8, 4) is 0 Å². The minimum absolute atomic E-state index is 0.679. The highest BCUT2D eigenvalue weighted by molar-refractivity contribution is 6.34. The van der Waals surface area contributed by atoms with E-state index in [2.05, 4.69) is 70.7 Å². The van der Waals surface area contributed by atoms with E-state index >= 15 is 0 Å². The van der Waals surface area contributed by atoms with Crippen molar-refractivity contribution in [3.05, 3.63) is 125 Å². The molecule has 0 aliphatic heterocycles. The standard InChI is InChI=1S/C28H29ClN4/c29-27-18-8-7-17-26(27)28(32-22-19-30-23-32)31-33(20-9-15-24-11-3-1-4-12-24)21-10-16-25-13-5-2-6-14-25/h1-8,11-14,17-19,22-23H,9-10,15-16,20-21H2/b31-28+. The molecule has 3 aromatic carbocycles. The Balaban J connectivity index is 1.53. The van der Waals surface area contributed by atoms with Crippen LogP contribution in [0, 0.1) is 0 Å². The van der Waals surface area contributed by atoms with Crippen LogP contribution in [-0.4, -0.2) is 33.5 Å². The van der Waals surface area contributed by atoms with Crippen LogP contribution in [-0.2, 0) is 12.8 Å². The molecule has 0 aliphatic rings. The average molecular weight is 457 g/mol. The van der Waals surface area contributed by atoms with E-state index < -0.39 is 0 Å². The van der Waals surface area contributed by atoms with Gasteiger partial charge in [0.1, 0.15) is 6.33 Å². The van der Waals surface area contributed by atoms with Crippen molar-refractivity contribution < 1.29 is 0 Å². The first-order chi connectivity index (χ1) is 16.3. The second kappa shape index (κ2) is 12.0. The third kappa shape index (κ3) is 6.80. The van der Waals surface area contributed by atoms with Crippen molar-refractivity contribution >= 4 is 17.4 Å². The molecule has 0 amide bonds. The highest BCUT2D eigenvalue weighted by Crippen LogP contribution is 2.18. The molecule has 0 N–H and O–H groups in total. The number of rotatable bonds is 10. The van der Waals surface area contributed by atoms with Gasteiger partial charge >= 0.3 is 0 Å². The quantitative estimate of drug-likeness (QED) is 0.159. The van der Waals surface area contributed by atoms with Crippen LogP contribution in [0.3, 0.4) is 0 Å². The first-order valence-electron chi connectivity index (χ1n) is 11.4. The minimum Gasteiger partial charge on any atom is -0.295 e. The minimum atomic E-state index is 0.679. The van der Waals surface area contributed by atoms with Gasteiger partial charge in [-0.15, -0.1) is 0 Å². The molecule has 0 radical (unpaired) electrons. The highest BCUT2D eigenvalue weighted by Gasteiger charge is 2.13. The summed E-state index contributed by atoms with van der Waals surface area (Å²) in [5.74, 6) is 0.789. The summed E-state index contributed by atoms with van der Waals surface area (Å²) in [5, 5.41) is 7.96. The summed E-state index contributed by atoms with van der Waals surface area (Å²) in [6.45, 7) is 1.73. The molecule has 0 saturated heterocycles. The van der Waals surface area contributed by atoms with Gasteiger partial charge in [-0.25, -0.2) is 4.98 Å². The Bertz CT molecular complexity index is 1080. The van der Waals surface area contributed by atoms with Gasteiger partial charge in [0.25, 0.3) is 0 Å². The van der Waals surface area contributed by atoms with Crippen LogP contribution in [0.4, 0.5) is 0 Å². The molecule has 168 valence electrons. The van der Waals surface area contributed by atoms with Crippen molar-refractivity contribution in [1.82, 2.24) is 14.6 Å². The summed E-state index contributed by atoms with van der Waals surface area (Å²) in [6.07, 6.45) is 9.55. The van der Waals surface area contributed by atoms with Gasteiger partial charge in [0.05, 0.1) is 5.02 Å². The van der Waals surface area contributed by atoms with Crippen LogP contribution in [0.2, 0.25) is 5.02 Å². The van der Waals surface area contributed by atoms with Gasteiger partial charge in [-0.2, -0.15) is 5.10 Å². The zero-order valence-electron chi connectivity index (χ0n) is 18.7. The zero-order valence-corrected chi connectivity index (χ0v) is 19.5. The van der Waals surface area contributed by atoms with E-state index in [1.807, 2.05) is 35.0 Å². The number of aromatic nitrogens is 2. The summed E-state index contributed by atoms with van der Waals surface area (Å²) in [7, 11) is 0. The molecule has 1 heterocycles. The van der Waals surface area contributed by atoms with Gasteiger partial charge in [0, 0.05) is 31.0 Å². The number of imidazole rings is 1. The monoisotopic (exact) mass is 456 g/mol. The molecule has 0 unspecified atom stereocenters. The summed E-state index contributed by atoms with van der Waals surface area (Å²) >= 11 is 6.56. The Morgan fingerprint density at radius 1 is 0.788 bits per heavy atom. The van der Waals surface area contributed by atoms with Crippen LogP contribution in [0.5, 0.6) is 0 Å². The third-order valence-corrected chi connectivity index (χ3v) is 5.88. The molecule has 0 saturated carbocycles. The maximum absolute atomic E-state index is 6.56. The van der Waals surface area contributed by atoms with E-state index in [9.17, 15) is 0 Å². The van der Waals surface area contributed by atoms with Crippen molar-refractivity contribution in [3.63, 3.8) is 0 Å². The predicted molar refractivity (Wildman–Crippen MR) is 137 cm³/mol. The number of hydrazone groups is 1. The molecular weight excluding hydrogens is 428 g/mol. The lowest BCUT2D eigenvalue weighted by Crippen LogP contribution is -2.26. The molecule has 4 rings (SSSR count). The highest BCUT2D eigenvalue weighted by atomic mass is 35.5. The molecule has 33 heavy (non-hydrogen) atoms. The van der Waals surface area contributed by atoms with Crippen LogP contribution in [0.25, 0.3) is 0 Å². The average Bonchev–Trinajstić information content (AvgIpc) is 3.39. The molecule has 0 atom stereocenters. The van der Waals surface area contributed by atoms with Crippen LogP contribution < -0.4 is 0 Å². The lowest BCUT2D eigenvalue weighted by atomic mass is 10.1. The Labute approximate surface area is 201 Å². The SMILES string of the molecule is Clc1ccccc1/C(=N\N(CCCc1ccccc1)CCCc1ccccc1)n1ccnc1. The molecular formula is C28H29ClN4. The number of benzene rings is 3. The Hall–Kier alpha value is -3.37. The molecule has 1 aromatic heterocycles. The topological polar surface area (TPSA) is 33.4 Å². The molecule has 4 nitrogen and oxygen atoms in total. The number of hydrogen-bond donors (Lipinski definition) is 0. The van der Waals surface area contributed by atoms with Gasteiger partial charge in [0.15, 0.2) is 5.84 Å². The van der Waals surface area contributed by atoms with Gasteiger partial charge < -0.3 is 0 Å². The number of halogens is 1. The fourth-order valence-electron chi connectivity index (χ4n) is 3.84. The Morgan fingerprint density at radius 2 is 1.36 bits per heavy atom. The lowest BCUT2D eigenvalue weighted by molar-refractivity contribution is 0.280. The summed E-state index contributed by atoms with van der Waals surface area (Å²) in [6, 6.07) is 29.1. The molecule has 0 bridgehead atoms. The first kappa shape index (κ1) is 22.8. The molecule has 0 spiro atoms. The second-order valence-corrected chi connectivity index (χ2v) is 8.41. The lowest BCUT2D eigenvalue weighted by Gasteiger charge is -2.22. The van der Waals surface area contributed by atoms with E-state index in [-0.39, 0.29) is 0 Å². The summed E-state index contributed by atoms with van der Waals surface area (Å²) in [5.41, 5.74) is 3.60. The third-order valence-electron chi connectivity index (χ3n) is 5.55. The van der Waals surface area contributed by atoms with Gasteiger partial charge in [-0.05, 0) is 48.9 Å². The van der Waals surface area contributed by atoms with Gasteiger partial charge in [-0.1, -0.05) is 84.4 Å². The maximum atomic E-state index is 6.56. The fourth-order valence-corrected chi connectivity index (χ4v) is 4.06. The Morgan fingerprint density at radius 3 is 1.91 bits per heavy atom. The number of aryl methyl sites for hydroxylation is 2. The van der Waals surface area contributed by atoms with E-state index in [1.54, 1.807) is 12.5 Å². The molecule has 5 heteroatoms. The van der Waals surface area contributed by atoms with Crippen molar-refractivity contribution in [2.45, 2.75) is 25.7 Å². The van der Waals surface area contributed by atoms with Crippen LogP contribution in [0.15, 0.2) is 109 Å². The fraction of sp³-hybridized carbons (Fsp3) is 0.214. The van der Waals surface area contributed by atoms with Crippen LogP contribution in [0.1, 0.15) is 29.5 Å². The van der Waals surface area contributed by atoms with E-state index in [1.165, 1.54) is 11.1 Å². The van der Waals surface area contributed by atoms with E-state index in [4.69, 9.17) is 16.7 Å². The van der Waals surface area contributed by atoms with E-state index in [0.29, 0.717) is 5.02 Å². The molecule has 4 aromatic rings. The van der Waals surface area contributed by atoms with Gasteiger partial charge in [-0.3, -0.25) is 9.58 Å². The maximum Gasteiger partial charge on any atom is 0.166 e. The van der Waals surface area contributed by atoms with Crippen molar-refractivity contribution in [2.24, 2.45) is 5.10 Å². The zero-order chi connectivity index (χ0) is 22.7. The van der Waals surface area contributed by atoms with Crippen molar-refractivity contribution in [2.75, 3.05) is 13.1 Å².